The van der Waals surface area contributed by atoms with Crippen LogP contribution in [-0.4, -0.2) is 42.2 Å². The molecule has 0 radical (unpaired) electrons. The van der Waals surface area contributed by atoms with E-state index in [0.29, 0.717) is 11.7 Å². The quantitative estimate of drug-likeness (QED) is 0.880. The Labute approximate surface area is 143 Å². The highest BCUT2D eigenvalue weighted by atomic mass is 15.3. The van der Waals surface area contributed by atoms with Gasteiger partial charge in [0.05, 0.1) is 0 Å². The molecule has 1 atom stereocenters. The van der Waals surface area contributed by atoms with Crippen molar-refractivity contribution in [2.24, 2.45) is 0 Å². The molecule has 1 fully saturated rings. The summed E-state index contributed by atoms with van der Waals surface area (Å²) in [6.45, 7) is 7.99. The lowest BCUT2D eigenvalue weighted by atomic mass is 10.2. The number of piperazine rings is 1. The van der Waals surface area contributed by atoms with E-state index in [1.807, 2.05) is 6.07 Å². The first kappa shape index (κ1) is 16.4. The number of anilines is 4. The molecule has 3 rings (SSSR count). The van der Waals surface area contributed by atoms with Crippen LogP contribution in [0.1, 0.15) is 20.3 Å². The number of para-hydroxylation sites is 1. The number of hydrogen-bond donors (Lipinski definition) is 2. The first-order valence-electron chi connectivity index (χ1n) is 8.61. The summed E-state index contributed by atoms with van der Waals surface area (Å²) in [6, 6.07) is 10.9. The van der Waals surface area contributed by atoms with Gasteiger partial charge in [0.15, 0.2) is 11.6 Å². The summed E-state index contributed by atoms with van der Waals surface area (Å²) < 4.78 is 0. The molecule has 0 saturated carbocycles. The maximum atomic E-state index is 6.32. The van der Waals surface area contributed by atoms with Crippen molar-refractivity contribution in [1.82, 2.24) is 9.97 Å². The molecule has 2 heterocycles. The first-order valence-corrected chi connectivity index (χ1v) is 8.61. The molecular formula is C18H26N6. The SMILES string of the molecule is CCC(C)Nc1ncnc(N2CCN(c3ccccc3)CC2)c1N. The van der Waals surface area contributed by atoms with Crippen LogP contribution in [0.3, 0.4) is 0 Å². The minimum atomic E-state index is 0.338. The third-order valence-corrected chi connectivity index (χ3v) is 4.56. The second kappa shape index (κ2) is 7.38. The summed E-state index contributed by atoms with van der Waals surface area (Å²) in [5.41, 5.74) is 8.23. The minimum Gasteiger partial charge on any atom is -0.393 e. The highest BCUT2D eigenvalue weighted by molar-refractivity contribution is 5.75. The molecule has 0 amide bonds. The molecule has 1 aliphatic heterocycles. The summed E-state index contributed by atoms with van der Waals surface area (Å²) in [5.74, 6) is 1.57. The van der Waals surface area contributed by atoms with Crippen molar-refractivity contribution in [3.63, 3.8) is 0 Å². The van der Waals surface area contributed by atoms with Gasteiger partial charge in [0.2, 0.25) is 0 Å². The number of rotatable bonds is 5. The zero-order valence-electron chi connectivity index (χ0n) is 14.4. The average molecular weight is 326 g/mol. The molecule has 6 heteroatoms. The van der Waals surface area contributed by atoms with Crippen molar-refractivity contribution in [2.75, 3.05) is 47.0 Å². The monoisotopic (exact) mass is 326 g/mol. The van der Waals surface area contributed by atoms with E-state index < -0.39 is 0 Å². The summed E-state index contributed by atoms with van der Waals surface area (Å²) in [4.78, 5) is 13.4. The Bertz CT molecular complexity index is 652. The van der Waals surface area contributed by atoms with E-state index in [4.69, 9.17) is 5.73 Å². The molecule has 0 bridgehead atoms. The van der Waals surface area contributed by atoms with E-state index in [-0.39, 0.29) is 0 Å². The Balaban J connectivity index is 1.69. The maximum absolute atomic E-state index is 6.32. The fourth-order valence-corrected chi connectivity index (χ4v) is 2.90. The largest absolute Gasteiger partial charge is 0.393 e. The number of nitrogens with zero attached hydrogens (tertiary/aromatic N) is 4. The third-order valence-electron chi connectivity index (χ3n) is 4.56. The van der Waals surface area contributed by atoms with Gasteiger partial charge in [0.25, 0.3) is 0 Å². The van der Waals surface area contributed by atoms with E-state index in [2.05, 4.69) is 63.2 Å². The van der Waals surface area contributed by atoms with Gasteiger partial charge in [0.1, 0.15) is 12.0 Å². The number of benzene rings is 1. The van der Waals surface area contributed by atoms with Crippen LogP contribution in [0.25, 0.3) is 0 Å². The minimum absolute atomic E-state index is 0.338. The van der Waals surface area contributed by atoms with Gasteiger partial charge in [-0.25, -0.2) is 9.97 Å². The standard InChI is InChI=1S/C18H26N6/c1-3-14(2)22-17-16(19)18(21-13-20-17)24-11-9-23(10-12-24)15-7-5-4-6-8-15/h4-8,13-14H,3,9-12,19H2,1-2H3,(H,20,21,22). The van der Waals surface area contributed by atoms with Gasteiger partial charge in [0, 0.05) is 37.9 Å². The Hall–Kier alpha value is -2.50. The molecule has 0 spiro atoms. The zero-order valence-corrected chi connectivity index (χ0v) is 14.4. The van der Waals surface area contributed by atoms with Crippen LogP contribution in [0.2, 0.25) is 0 Å². The second-order valence-electron chi connectivity index (χ2n) is 6.22. The van der Waals surface area contributed by atoms with Crippen molar-refractivity contribution in [2.45, 2.75) is 26.3 Å². The molecule has 1 saturated heterocycles. The highest BCUT2D eigenvalue weighted by Crippen LogP contribution is 2.28. The van der Waals surface area contributed by atoms with Crippen molar-refractivity contribution < 1.29 is 0 Å². The van der Waals surface area contributed by atoms with E-state index in [1.54, 1.807) is 6.33 Å². The molecule has 24 heavy (non-hydrogen) atoms. The Morgan fingerprint density at radius 2 is 1.75 bits per heavy atom. The number of aromatic nitrogens is 2. The Morgan fingerprint density at radius 3 is 2.42 bits per heavy atom. The number of nitrogens with one attached hydrogen (secondary N) is 1. The molecular weight excluding hydrogens is 300 g/mol. The van der Waals surface area contributed by atoms with E-state index in [1.165, 1.54) is 5.69 Å². The van der Waals surface area contributed by atoms with Gasteiger partial charge < -0.3 is 20.9 Å². The van der Waals surface area contributed by atoms with Crippen LogP contribution in [0.4, 0.5) is 23.0 Å². The lowest BCUT2D eigenvalue weighted by molar-refractivity contribution is 0.647. The smallest absolute Gasteiger partial charge is 0.157 e. The van der Waals surface area contributed by atoms with E-state index in [9.17, 15) is 0 Å². The second-order valence-corrected chi connectivity index (χ2v) is 6.22. The van der Waals surface area contributed by atoms with Crippen LogP contribution in [0, 0.1) is 0 Å². The predicted molar refractivity (Wildman–Crippen MR) is 101 cm³/mol. The molecule has 2 aromatic rings. The normalized spacial score (nSPS) is 16.1. The van der Waals surface area contributed by atoms with Crippen LogP contribution in [0.15, 0.2) is 36.7 Å². The highest BCUT2D eigenvalue weighted by Gasteiger charge is 2.21. The topological polar surface area (TPSA) is 70.3 Å². The van der Waals surface area contributed by atoms with Crippen LogP contribution in [0.5, 0.6) is 0 Å². The summed E-state index contributed by atoms with van der Waals surface area (Å²) in [6.07, 6.45) is 2.62. The number of nitrogens with two attached hydrogens (primary N) is 1. The predicted octanol–water partition coefficient (Wildman–Crippen LogP) is 2.60. The molecule has 0 aliphatic carbocycles. The molecule has 1 aromatic heterocycles. The number of nitrogen functional groups attached to an aromatic ring is 1. The Morgan fingerprint density at radius 1 is 1.08 bits per heavy atom. The van der Waals surface area contributed by atoms with Gasteiger partial charge in [-0.1, -0.05) is 25.1 Å². The van der Waals surface area contributed by atoms with Gasteiger partial charge in [-0.15, -0.1) is 0 Å². The average Bonchev–Trinajstić information content (AvgIpc) is 2.64. The van der Waals surface area contributed by atoms with E-state index in [0.717, 1.165) is 44.2 Å². The third kappa shape index (κ3) is 3.53. The summed E-state index contributed by atoms with van der Waals surface area (Å²) >= 11 is 0. The van der Waals surface area contributed by atoms with Crippen molar-refractivity contribution in [1.29, 1.82) is 0 Å². The van der Waals surface area contributed by atoms with Crippen molar-refractivity contribution in [3.05, 3.63) is 36.7 Å². The van der Waals surface area contributed by atoms with E-state index >= 15 is 0 Å². The summed E-state index contributed by atoms with van der Waals surface area (Å²) in [5, 5.41) is 3.36. The zero-order chi connectivity index (χ0) is 16.9. The van der Waals surface area contributed by atoms with Crippen molar-refractivity contribution in [3.8, 4) is 0 Å². The molecule has 1 unspecified atom stereocenters. The summed E-state index contributed by atoms with van der Waals surface area (Å²) in [7, 11) is 0. The van der Waals surface area contributed by atoms with Crippen molar-refractivity contribution >= 4 is 23.0 Å². The van der Waals surface area contributed by atoms with Crippen LogP contribution in [-0.2, 0) is 0 Å². The van der Waals surface area contributed by atoms with Gasteiger partial charge in [-0.2, -0.15) is 0 Å². The van der Waals surface area contributed by atoms with Crippen LogP contribution < -0.4 is 20.9 Å². The fraction of sp³-hybridized carbons (Fsp3) is 0.444. The number of hydrogen-bond acceptors (Lipinski definition) is 6. The molecule has 128 valence electrons. The lowest BCUT2D eigenvalue weighted by Crippen LogP contribution is -2.47. The molecule has 1 aromatic carbocycles. The Kier molecular flexibility index (Phi) is 5.03. The van der Waals surface area contributed by atoms with Crippen LogP contribution >= 0.6 is 0 Å². The first-order chi connectivity index (χ1) is 11.7. The molecule has 3 N–H and O–H groups in total. The molecule has 1 aliphatic rings. The fourth-order valence-electron chi connectivity index (χ4n) is 2.90. The van der Waals surface area contributed by atoms with Gasteiger partial charge >= 0.3 is 0 Å². The molecule has 6 nitrogen and oxygen atoms in total. The maximum Gasteiger partial charge on any atom is 0.157 e. The van der Waals surface area contributed by atoms with Gasteiger partial charge in [-0.3, -0.25) is 0 Å². The lowest BCUT2D eigenvalue weighted by Gasteiger charge is -2.37. The van der Waals surface area contributed by atoms with Gasteiger partial charge in [-0.05, 0) is 25.5 Å².